The van der Waals surface area contributed by atoms with Crippen LogP contribution in [0.25, 0.3) is 0 Å². The van der Waals surface area contributed by atoms with Crippen LogP contribution in [0.2, 0.25) is 5.02 Å². The second kappa shape index (κ2) is 7.43. The zero-order chi connectivity index (χ0) is 17.0. The quantitative estimate of drug-likeness (QED) is 0.868. The Labute approximate surface area is 144 Å². The van der Waals surface area contributed by atoms with Gasteiger partial charge in [-0.25, -0.2) is 4.79 Å². The van der Waals surface area contributed by atoms with Crippen molar-refractivity contribution < 1.29 is 9.53 Å². The first-order valence-electron chi connectivity index (χ1n) is 8.23. The van der Waals surface area contributed by atoms with E-state index in [2.05, 4.69) is 11.4 Å². The lowest BCUT2D eigenvalue weighted by molar-refractivity contribution is 0.0188. The highest BCUT2D eigenvalue weighted by atomic mass is 35.5. The zero-order valence-corrected chi connectivity index (χ0v) is 15.2. The van der Waals surface area contributed by atoms with Crippen molar-refractivity contribution in [2.45, 2.75) is 46.1 Å². The number of carbonyl (C=O) groups excluding carboxylic acids is 1. The number of ether oxygens (including phenoxy) is 1. The highest BCUT2D eigenvalue weighted by Crippen LogP contribution is 2.25. The van der Waals surface area contributed by atoms with E-state index in [4.69, 9.17) is 16.3 Å². The third-order valence-corrected chi connectivity index (χ3v) is 4.52. The normalized spacial score (nSPS) is 16.3. The van der Waals surface area contributed by atoms with Crippen molar-refractivity contribution in [3.8, 4) is 0 Å². The van der Waals surface area contributed by atoms with Gasteiger partial charge in [-0.3, -0.25) is 0 Å². The predicted octanol–water partition coefficient (Wildman–Crippen LogP) is 4.71. The number of nitrogens with one attached hydrogen (secondary N) is 1. The predicted molar refractivity (Wildman–Crippen MR) is 95.2 cm³/mol. The van der Waals surface area contributed by atoms with Gasteiger partial charge in [0.05, 0.1) is 0 Å². The first kappa shape index (κ1) is 17.9. The van der Waals surface area contributed by atoms with Gasteiger partial charge in [0, 0.05) is 30.3 Å². The van der Waals surface area contributed by atoms with Gasteiger partial charge in [0.1, 0.15) is 5.60 Å². The summed E-state index contributed by atoms with van der Waals surface area (Å²) in [5, 5.41) is 4.27. The van der Waals surface area contributed by atoms with Crippen molar-refractivity contribution >= 4 is 23.4 Å². The minimum absolute atomic E-state index is 0.199. The second-order valence-electron chi connectivity index (χ2n) is 7.20. The van der Waals surface area contributed by atoms with Crippen LogP contribution in [-0.4, -0.2) is 36.2 Å². The third-order valence-electron chi connectivity index (χ3n) is 4.12. The number of rotatable bonds is 3. The standard InChI is InChI=1S/C18H27ClN2O2/c1-13-15(19)6-5-7-16(13)20-12-14-8-10-21(11-9-14)17(22)23-18(2,3)4/h5-7,14,20H,8-12H2,1-4H3. The molecule has 0 spiro atoms. The molecule has 5 heteroatoms. The molecule has 1 aliphatic heterocycles. The maximum Gasteiger partial charge on any atom is 0.410 e. The molecule has 0 aromatic heterocycles. The number of carbonyl (C=O) groups is 1. The van der Waals surface area contributed by atoms with E-state index in [1.165, 1.54) is 0 Å². The lowest BCUT2D eigenvalue weighted by Gasteiger charge is -2.33. The van der Waals surface area contributed by atoms with Gasteiger partial charge in [0.2, 0.25) is 0 Å². The number of nitrogens with zero attached hydrogens (tertiary/aromatic N) is 1. The molecule has 0 aliphatic carbocycles. The molecule has 0 saturated carbocycles. The van der Waals surface area contributed by atoms with Crippen molar-refractivity contribution in [2.24, 2.45) is 5.92 Å². The molecule has 0 unspecified atom stereocenters. The van der Waals surface area contributed by atoms with Crippen LogP contribution >= 0.6 is 11.6 Å². The number of hydrogen-bond acceptors (Lipinski definition) is 3. The molecule has 1 amide bonds. The number of anilines is 1. The van der Waals surface area contributed by atoms with Gasteiger partial charge in [-0.1, -0.05) is 17.7 Å². The van der Waals surface area contributed by atoms with Crippen LogP contribution in [0.5, 0.6) is 0 Å². The first-order chi connectivity index (χ1) is 10.8. The van der Waals surface area contributed by atoms with Crippen molar-refractivity contribution in [1.82, 2.24) is 4.90 Å². The van der Waals surface area contributed by atoms with Crippen molar-refractivity contribution in [3.63, 3.8) is 0 Å². The summed E-state index contributed by atoms with van der Waals surface area (Å²) in [6.45, 7) is 10.1. The molecule has 1 aliphatic rings. The van der Waals surface area contributed by atoms with E-state index in [0.717, 1.165) is 48.7 Å². The number of hydrogen-bond donors (Lipinski definition) is 1. The van der Waals surface area contributed by atoms with Crippen LogP contribution in [0, 0.1) is 12.8 Å². The summed E-state index contributed by atoms with van der Waals surface area (Å²) in [5.74, 6) is 0.562. The molecular formula is C18H27ClN2O2. The minimum atomic E-state index is -0.431. The molecule has 4 nitrogen and oxygen atoms in total. The fraction of sp³-hybridized carbons (Fsp3) is 0.611. The molecule has 128 valence electrons. The van der Waals surface area contributed by atoms with E-state index in [0.29, 0.717) is 5.92 Å². The van der Waals surface area contributed by atoms with E-state index in [-0.39, 0.29) is 6.09 Å². The van der Waals surface area contributed by atoms with Gasteiger partial charge >= 0.3 is 6.09 Å². The Bertz CT molecular complexity index is 546. The first-order valence-corrected chi connectivity index (χ1v) is 8.61. The molecule has 0 radical (unpaired) electrons. The maximum atomic E-state index is 12.1. The van der Waals surface area contributed by atoms with E-state index in [1.807, 2.05) is 44.7 Å². The smallest absolute Gasteiger partial charge is 0.410 e. The summed E-state index contributed by atoms with van der Waals surface area (Å²) in [7, 11) is 0. The van der Waals surface area contributed by atoms with Crippen LogP contribution in [0.15, 0.2) is 18.2 Å². The lowest BCUT2D eigenvalue weighted by Crippen LogP contribution is -2.42. The Balaban J connectivity index is 1.79. The van der Waals surface area contributed by atoms with Crippen LogP contribution in [0.3, 0.4) is 0 Å². The summed E-state index contributed by atoms with van der Waals surface area (Å²) in [6.07, 6.45) is 1.78. The second-order valence-corrected chi connectivity index (χ2v) is 7.61. The van der Waals surface area contributed by atoms with Crippen LogP contribution < -0.4 is 5.32 Å². The summed E-state index contributed by atoms with van der Waals surface area (Å²) in [6, 6.07) is 5.92. The van der Waals surface area contributed by atoms with Gasteiger partial charge in [-0.2, -0.15) is 0 Å². The molecule has 0 atom stereocenters. The molecule has 1 saturated heterocycles. The SMILES string of the molecule is Cc1c(Cl)cccc1NCC1CCN(C(=O)OC(C)(C)C)CC1. The number of piperidine rings is 1. The average Bonchev–Trinajstić information content (AvgIpc) is 2.47. The van der Waals surface area contributed by atoms with Crippen molar-refractivity contribution in [2.75, 3.05) is 25.0 Å². The number of halogens is 1. The topological polar surface area (TPSA) is 41.6 Å². The molecule has 1 fully saturated rings. The van der Waals surface area contributed by atoms with Gasteiger partial charge in [0.15, 0.2) is 0 Å². The van der Waals surface area contributed by atoms with Gasteiger partial charge in [-0.05, 0) is 64.2 Å². The van der Waals surface area contributed by atoms with Crippen LogP contribution in [0.1, 0.15) is 39.2 Å². The number of likely N-dealkylation sites (tertiary alicyclic amines) is 1. The van der Waals surface area contributed by atoms with Crippen molar-refractivity contribution in [3.05, 3.63) is 28.8 Å². The summed E-state index contributed by atoms with van der Waals surface area (Å²) in [5.41, 5.74) is 1.74. The number of benzene rings is 1. The fourth-order valence-electron chi connectivity index (χ4n) is 2.70. The van der Waals surface area contributed by atoms with Crippen LogP contribution in [0.4, 0.5) is 10.5 Å². The monoisotopic (exact) mass is 338 g/mol. The summed E-state index contributed by atoms with van der Waals surface area (Å²) >= 11 is 6.14. The molecule has 23 heavy (non-hydrogen) atoms. The molecule has 1 aromatic carbocycles. The van der Waals surface area contributed by atoms with E-state index < -0.39 is 5.60 Å². The molecular weight excluding hydrogens is 312 g/mol. The molecule has 1 aromatic rings. The fourth-order valence-corrected chi connectivity index (χ4v) is 2.87. The van der Waals surface area contributed by atoms with E-state index in [9.17, 15) is 4.79 Å². The van der Waals surface area contributed by atoms with Gasteiger partial charge < -0.3 is 15.0 Å². The van der Waals surface area contributed by atoms with Gasteiger partial charge in [-0.15, -0.1) is 0 Å². The lowest BCUT2D eigenvalue weighted by atomic mass is 9.97. The van der Waals surface area contributed by atoms with Crippen molar-refractivity contribution in [1.29, 1.82) is 0 Å². The third kappa shape index (κ3) is 5.31. The van der Waals surface area contributed by atoms with Crippen LogP contribution in [-0.2, 0) is 4.74 Å². The Morgan fingerprint density at radius 1 is 1.35 bits per heavy atom. The molecule has 1 N–H and O–H groups in total. The highest BCUT2D eigenvalue weighted by molar-refractivity contribution is 6.31. The zero-order valence-electron chi connectivity index (χ0n) is 14.5. The minimum Gasteiger partial charge on any atom is -0.444 e. The summed E-state index contributed by atoms with van der Waals surface area (Å²) < 4.78 is 5.43. The summed E-state index contributed by atoms with van der Waals surface area (Å²) in [4.78, 5) is 13.9. The Morgan fingerprint density at radius 3 is 2.61 bits per heavy atom. The number of amides is 1. The Hall–Kier alpha value is -1.42. The molecule has 1 heterocycles. The maximum absolute atomic E-state index is 12.1. The Morgan fingerprint density at radius 2 is 2.00 bits per heavy atom. The van der Waals surface area contributed by atoms with E-state index >= 15 is 0 Å². The largest absolute Gasteiger partial charge is 0.444 e. The highest BCUT2D eigenvalue weighted by Gasteiger charge is 2.26. The molecule has 2 rings (SSSR count). The van der Waals surface area contributed by atoms with Gasteiger partial charge in [0.25, 0.3) is 0 Å². The van der Waals surface area contributed by atoms with E-state index in [1.54, 1.807) is 0 Å². The molecule has 0 bridgehead atoms. The Kier molecular flexibility index (Phi) is 5.79. The average molecular weight is 339 g/mol.